The third-order valence-electron chi connectivity index (χ3n) is 11.3. The van der Waals surface area contributed by atoms with Gasteiger partial charge in [0.05, 0.1) is 48.6 Å². The van der Waals surface area contributed by atoms with Crippen LogP contribution in [0.4, 0.5) is 32.1 Å². The Labute approximate surface area is 336 Å². The molecule has 0 aliphatic heterocycles. The summed E-state index contributed by atoms with van der Waals surface area (Å²) in [6.07, 6.45) is 0. The van der Waals surface area contributed by atoms with Crippen LogP contribution in [0, 0.1) is 0 Å². The maximum atomic E-state index is 3.84. The molecule has 0 fully saturated rings. The van der Waals surface area contributed by atoms with Crippen molar-refractivity contribution in [3.63, 3.8) is 0 Å². The molecule has 0 saturated heterocycles. The highest BCUT2D eigenvalue weighted by Crippen LogP contribution is 2.51. The molecule has 0 saturated carbocycles. The summed E-state index contributed by atoms with van der Waals surface area (Å²) in [4.78, 5) is 11.0. The Bertz CT molecular complexity index is 3270. The Balaban J connectivity index is 0.975. The summed E-state index contributed by atoms with van der Waals surface area (Å²) in [6.45, 7) is 0. The lowest BCUT2D eigenvalue weighted by molar-refractivity contribution is 1.53. The van der Waals surface area contributed by atoms with E-state index in [4.69, 9.17) is 0 Å². The smallest absolute Gasteiger partial charge is 0.0940 e. The van der Waals surface area contributed by atoms with Crippen LogP contribution in [-0.2, 0) is 0 Å². The van der Waals surface area contributed by atoms with Crippen molar-refractivity contribution >= 4 is 162 Å². The van der Waals surface area contributed by atoms with Crippen molar-refractivity contribution in [1.29, 1.82) is 0 Å². The monoisotopic (exact) mass is 786 g/mol. The molecule has 6 N–H and O–H groups in total. The summed E-state index contributed by atoms with van der Waals surface area (Å²) in [6, 6.07) is 52.1. The van der Waals surface area contributed by atoms with Gasteiger partial charge in [0.2, 0.25) is 0 Å². The number of fused-ring (bicyclic) bond motifs is 15. The van der Waals surface area contributed by atoms with E-state index in [0.717, 1.165) is 65.2 Å². The molecule has 7 aromatic carbocycles. The Morgan fingerprint density at radius 1 is 0.298 bits per heavy atom. The van der Waals surface area contributed by atoms with Gasteiger partial charge in [-0.3, -0.25) is 0 Å². The summed E-state index contributed by atoms with van der Waals surface area (Å²) < 4.78 is 3.84. The van der Waals surface area contributed by atoms with Crippen LogP contribution in [0.5, 0.6) is 0 Å². The van der Waals surface area contributed by atoms with Crippen LogP contribution in [-0.4, -0.2) is 15.0 Å². The zero-order chi connectivity index (χ0) is 37.2. The van der Waals surface area contributed by atoms with Gasteiger partial charge in [0.15, 0.2) is 0 Å². The Morgan fingerprint density at radius 3 is 0.930 bits per heavy atom. The van der Waals surface area contributed by atoms with Crippen molar-refractivity contribution in [2.75, 3.05) is 16.0 Å². The van der Waals surface area contributed by atoms with E-state index in [1.54, 1.807) is 0 Å². The first-order chi connectivity index (χ1) is 28.2. The number of hydrogen-bond acceptors (Lipinski definition) is 6. The second kappa shape index (κ2) is 11.9. The molecular weight excluding hydrogens is 757 g/mol. The fourth-order valence-corrected chi connectivity index (χ4v) is 12.3. The normalized spacial score (nSPS) is 12.2. The molecule has 9 heteroatoms. The SMILES string of the molecule is c1ccc2c(c1)[nH]c1c(Nc3cc4c(s3)c3cc(Nc5cccc6c5[nH]c5ccccc56)sc3c3cc(Nc5cccc6c5[nH]c5ccccc56)sc43)cccc12. The zero-order valence-electron chi connectivity index (χ0n) is 30.1. The number of rotatable bonds is 6. The summed E-state index contributed by atoms with van der Waals surface area (Å²) in [5.74, 6) is 0. The van der Waals surface area contributed by atoms with E-state index in [0.29, 0.717) is 0 Å². The molecular formula is C48H30N6S3. The third-order valence-corrected chi connectivity index (χ3v) is 14.6. The molecule has 13 aromatic rings. The van der Waals surface area contributed by atoms with Crippen molar-refractivity contribution in [2.24, 2.45) is 0 Å². The molecule has 0 radical (unpaired) electrons. The molecule has 6 heterocycles. The lowest BCUT2D eigenvalue weighted by atomic mass is 10.1. The van der Waals surface area contributed by atoms with Crippen molar-refractivity contribution in [2.45, 2.75) is 0 Å². The number of anilines is 6. The molecule has 0 unspecified atom stereocenters. The fraction of sp³-hybridized carbons (Fsp3) is 0. The summed E-state index contributed by atoms with van der Waals surface area (Å²) in [7, 11) is 0. The summed E-state index contributed by atoms with van der Waals surface area (Å²) in [5.41, 5.74) is 10.00. The third kappa shape index (κ3) is 4.74. The van der Waals surface area contributed by atoms with E-state index in [1.807, 2.05) is 34.0 Å². The van der Waals surface area contributed by atoms with Gasteiger partial charge >= 0.3 is 0 Å². The number of H-pyrrole nitrogens is 3. The molecule has 13 rings (SSSR count). The van der Waals surface area contributed by atoms with Crippen molar-refractivity contribution in [1.82, 2.24) is 15.0 Å². The molecule has 0 bridgehead atoms. The predicted molar refractivity (Wildman–Crippen MR) is 250 cm³/mol. The number of aromatic amines is 3. The average molecular weight is 787 g/mol. The number of para-hydroxylation sites is 6. The number of aromatic nitrogens is 3. The Kier molecular flexibility index (Phi) is 6.54. The van der Waals surface area contributed by atoms with E-state index in [1.165, 1.54) is 62.6 Å². The molecule has 0 atom stereocenters. The average Bonchev–Trinajstić information content (AvgIpc) is 4.09. The van der Waals surface area contributed by atoms with Crippen LogP contribution >= 0.6 is 34.0 Å². The van der Waals surface area contributed by atoms with Gasteiger partial charge in [0, 0.05) is 79.1 Å². The minimum absolute atomic E-state index is 1.07. The van der Waals surface area contributed by atoms with E-state index in [9.17, 15) is 0 Å². The van der Waals surface area contributed by atoms with Gasteiger partial charge in [0.25, 0.3) is 0 Å². The molecule has 6 nitrogen and oxygen atoms in total. The van der Waals surface area contributed by atoms with Crippen molar-refractivity contribution in [3.05, 3.63) is 146 Å². The summed E-state index contributed by atoms with van der Waals surface area (Å²) >= 11 is 5.47. The Hall–Kier alpha value is -6.78. The van der Waals surface area contributed by atoms with Crippen molar-refractivity contribution < 1.29 is 0 Å². The van der Waals surface area contributed by atoms with Crippen LogP contribution in [0.3, 0.4) is 0 Å². The largest absolute Gasteiger partial charge is 0.353 e. The zero-order valence-corrected chi connectivity index (χ0v) is 32.5. The van der Waals surface area contributed by atoms with Gasteiger partial charge in [-0.1, -0.05) is 91.0 Å². The van der Waals surface area contributed by atoms with E-state index in [-0.39, 0.29) is 0 Å². The van der Waals surface area contributed by atoms with Gasteiger partial charge in [-0.25, -0.2) is 0 Å². The highest BCUT2D eigenvalue weighted by atomic mass is 32.1. The van der Waals surface area contributed by atoms with E-state index >= 15 is 0 Å². The highest BCUT2D eigenvalue weighted by molar-refractivity contribution is 7.30. The Morgan fingerprint density at radius 2 is 0.596 bits per heavy atom. The number of nitrogens with one attached hydrogen (secondary N) is 6. The molecule has 270 valence electrons. The van der Waals surface area contributed by atoms with Crippen LogP contribution < -0.4 is 16.0 Å². The standard InChI is InChI=1S/C48H30N6S3/c1-4-16-34-25(10-1)28-13-7-19-37(43(28)52-34)49-40-22-31-46(55-40)32-23-41(50-38-20-8-14-29-26-11-2-5-17-35(26)53-44(29)38)57-48(32)33-24-42(56-47(31)33)51-39-21-9-15-30-27-12-3-6-18-36(27)54-45(30)39/h1-24,49-54H. The molecule has 57 heavy (non-hydrogen) atoms. The first-order valence-corrected chi connectivity index (χ1v) is 21.4. The van der Waals surface area contributed by atoms with Gasteiger partial charge in [-0.05, 0) is 54.6 Å². The van der Waals surface area contributed by atoms with Crippen LogP contribution in [0.15, 0.2) is 146 Å². The van der Waals surface area contributed by atoms with Gasteiger partial charge in [-0.15, -0.1) is 34.0 Å². The number of thiophene rings is 3. The molecule has 6 aromatic heterocycles. The maximum Gasteiger partial charge on any atom is 0.0940 e. The number of benzene rings is 7. The van der Waals surface area contributed by atoms with Gasteiger partial charge in [0.1, 0.15) is 0 Å². The molecule has 0 amide bonds. The first kappa shape index (κ1) is 31.4. The van der Waals surface area contributed by atoms with E-state index < -0.39 is 0 Å². The second-order valence-electron chi connectivity index (χ2n) is 14.6. The minimum Gasteiger partial charge on any atom is -0.353 e. The fourth-order valence-electron chi connectivity index (χ4n) is 8.79. The summed E-state index contributed by atoms with van der Waals surface area (Å²) in [5, 5.41) is 26.0. The lowest BCUT2D eigenvalue weighted by Crippen LogP contribution is -1.88. The van der Waals surface area contributed by atoms with Gasteiger partial charge < -0.3 is 30.9 Å². The van der Waals surface area contributed by atoms with Crippen LogP contribution in [0.2, 0.25) is 0 Å². The molecule has 0 aliphatic rings. The minimum atomic E-state index is 1.07. The first-order valence-electron chi connectivity index (χ1n) is 18.9. The highest BCUT2D eigenvalue weighted by Gasteiger charge is 2.20. The van der Waals surface area contributed by atoms with Gasteiger partial charge in [-0.2, -0.15) is 0 Å². The molecule has 0 aliphatic carbocycles. The lowest BCUT2D eigenvalue weighted by Gasteiger charge is -2.05. The quantitative estimate of drug-likeness (QED) is 0.102. The van der Waals surface area contributed by atoms with E-state index in [2.05, 4.69) is 176 Å². The van der Waals surface area contributed by atoms with Crippen LogP contribution in [0.1, 0.15) is 0 Å². The van der Waals surface area contributed by atoms with Crippen molar-refractivity contribution in [3.8, 4) is 0 Å². The second-order valence-corrected chi connectivity index (χ2v) is 17.8. The number of hydrogen-bond donors (Lipinski definition) is 6. The predicted octanol–water partition coefficient (Wildman–Crippen LogP) is 15.5. The molecule has 0 spiro atoms. The van der Waals surface area contributed by atoms with Crippen LogP contribution in [0.25, 0.3) is 95.7 Å². The maximum absolute atomic E-state index is 3.84. The topological polar surface area (TPSA) is 83.5 Å².